The molecule has 0 saturated carbocycles. The Hall–Kier alpha value is -0.01000. The molecule has 0 amide bonds. The predicted molar refractivity (Wildman–Crippen MR) is 61.1 cm³/mol. The summed E-state index contributed by atoms with van der Waals surface area (Å²) in [6.45, 7) is 4.37. The minimum atomic E-state index is -2.99. The molecule has 0 radical (unpaired) electrons. The van der Waals surface area contributed by atoms with Crippen LogP contribution >= 0.6 is 19.4 Å². The third-order valence-corrected chi connectivity index (χ3v) is 6.25. The summed E-state index contributed by atoms with van der Waals surface area (Å²) < 4.78 is 22.8. The first kappa shape index (κ1) is 13.1. The molecule has 0 bridgehead atoms. The van der Waals surface area contributed by atoms with Crippen molar-refractivity contribution in [3.05, 3.63) is 0 Å². The maximum Gasteiger partial charge on any atom is 0.334 e. The van der Waals surface area contributed by atoms with E-state index in [1.165, 1.54) is 11.8 Å². The molecule has 86 valence electrons. The summed E-state index contributed by atoms with van der Waals surface area (Å²) in [5.74, 6) is 0.690. The van der Waals surface area contributed by atoms with Crippen molar-refractivity contribution in [3.63, 3.8) is 0 Å². The molecule has 1 rings (SSSR count). The Labute approximate surface area is 94.9 Å². The molecule has 0 aromatic rings. The maximum absolute atomic E-state index is 12.3. The highest BCUT2D eigenvalue weighted by Gasteiger charge is 2.41. The summed E-state index contributed by atoms with van der Waals surface area (Å²) in [5, 5.41) is 8.70. The molecule has 0 unspecified atom stereocenters. The molecule has 4 nitrogen and oxygen atoms in total. The van der Waals surface area contributed by atoms with Crippen LogP contribution in [0.4, 0.5) is 0 Å². The van der Waals surface area contributed by atoms with Gasteiger partial charge in [0.05, 0.1) is 30.2 Å². The summed E-state index contributed by atoms with van der Waals surface area (Å²) >= 11 is 1.54. The van der Waals surface area contributed by atoms with E-state index in [1.54, 1.807) is 13.8 Å². The van der Waals surface area contributed by atoms with Gasteiger partial charge in [-0.2, -0.15) is 5.26 Å². The second kappa shape index (κ2) is 5.91. The van der Waals surface area contributed by atoms with E-state index >= 15 is 0 Å². The first-order valence-corrected chi connectivity index (χ1v) is 7.72. The van der Waals surface area contributed by atoms with Crippen LogP contribution in [0.5, 0.6) is 0 Å². The maximum atomic E-state index is 12.3. The van der Waals surface area contributed by atoms with E-state index in [4.69, 9.17) is 14.3 Å². The molecule has 0 spiro atoms. The number of rotatable bonds is 5. The van der Waals surface area contributed by atoms with Crippen molar-refractivity contribution < 1.29 is 13.6 Å². The lowest BCUT2D eigenvalue weighted by Gasteiger charge is -2.22. The molecule has 1 aliphatic rings. The van der Waals surface area contributed by atoms with E-state index in [-0.39, 0.29) is 10.9 Å². The van der Waals surface area contributed by atoms with E-state index < -0.39 is 7.60 Å². The Bertz CT molecular complexity index is 282. The van der Waals surface area contributed by atoms with Crippen molar-refractivity contribution in [3.8, 4) is 6.07 Å². The van der Waals surface area contributed by atoms with Gasteiger partial charge in [-0.05, 0) is 20.3 Å². The third kappa shape index (κ3) is 3.22. The molecular weight excluding hydrogens is 233 g/mol. The van der Waals surface area contributed by atoms with Gasteiger partial charge < -0.3 is 9.05 Å². The normalized spacial score (nSPS) is 26.5. The number of nitrogens with zero attached hydrogens (tertiary/aromatic N) is 1. The Kier molecular flexibility index (Phi) is 5.14. The van der Waals surface area contributed by atoms with Gasteiger partial charge in [-0.3, -0.25) is 4.57 Å². The average molecular weight is 249 g/mol. The van der Waals surface area contributed by atoms with Gasteiger partial charge in [0.1, 0.15) is 0 Å². The Morgan fingerprint density at radius 3 is 2.47 bits per heavy atom. The molecule has 1 fully saturated rings. The van der Waals surface area contributed by atoms with Gasteiger partial charge in [-0.15, -0.1) is 11.8 Å². The zero-order valence-electron chi connectivity index (χ0n) is 9.01. The number of thioether (sulfide) groups is 1. The van der Waals surface area contributed by atoms with Crippen molar-refractivity contribution in [1.29, 1.82) is 5.26 Å². The highest BCUT2D eigenvalue weighted by atomic mass is 32.2. The van der Waals surface area contributed by atoms with Crippen LogP contribution in [0.25, 0.3) is 0 Å². The SMILES string of the molecule is CCOP(=O)(OCC)[C@@H]1CS[C@H](C#N)C1. The van der Waals surface area contributed by atoms with Crippen molar-refractivity contribution >= 4 is 19.4 Å². The lowest BCUT2D eigenvalue weighted by Crippen LogP contribution is -2.13. The van der Waals surface area contributed by atoms with Crippen LogP contribution in [0.2, 0.25) is 0 Å². The van der Waals surface area contributed by atoms with Crippen LogP contribution in [0.3, 0.4) is 0 Å². The average Bonchev–Trinajstić information content (AvgIpc) is 2.67. The second-order valence-electron chi connectivity index (χ2n) is 3.22. The van der Waals surface area contributed by atoms with Crippen LogP contribution in [0.1, 0.15) is 20.3 Å². The van der Waals surface area contributed by atoms with Crippen molar-refractivity contribution in [2.75, 3.05) is 19.0 Å². The van der Waals surface area contributed by atoms with Crippen LogP contribution in [0, 0.1) is 11.3 Å². The highest BCUT2D eigenvalue weighted by molar-refractivity contribution is 8.00. The number of hydrogen-bond donors (Lipinski definition) is 0. The fraction of sp³-hybridized carbons (Fsp3) is 0.889. The molecule has 0 N–H and O–H groups in total. The lowest BCUT2D eigenvalue weighted by atomic mass is 10.3. The minimum absolute atomic E-state index is 0.0655. The van der Waals surface area contributed by atoms with Crippen LogP contribution in [-0.2, 0) is 13.6 Å². The van der Waals surface area contributed by atoms with Gasteiger partial charge in [-0.25, -0.2) is 0 Å². The van der Waals surface area contributed by atoms with E-state index in [0.29, 0.717) is 25.4 Å². The van der Waals surface area contributed by atoms with Crippen LogP contribution < -0.4 is 0 Å². The number of nitriles is 1. The van der Waals surface area contributed by atoms with Crippen molar-refractivity contribution in [2.45, 2.75) is 31.2 Å². The van der Waals surface area contributed by atoms with Gasteiger partial charge in [-0.1, -0.05) is 0 Å². The van der Waals surface area contributed by atoms with Crippen molar-refractivity contribution in [2.24, 2.45) is 0 Å². The molecule has 1 aliphatic heterocycles. The first-order valence-electron chi connectivity index (χ1n) is 5.06. The summed E-state index contributed by atoms with van der Waals surface area (Å²) in [5.41, 5.74) is -0.118. The van der Waals surface area contributed by atoms with Gasteiger partial charge in [0.2, 0.25) is 0 Å². The fourth-order valence-corrected chi connectivity index (χ4v) is 5.38. The number of hydrogen-bond acceptors (Lipinski definition) is 5. The third-order valence-electron chi connectivity index (χ3n) is 2.19. The zero-order valence-corrected chi connectivity index (χ0v) is 10.7. The molecule has 1 heterocycles. The Morgan fingerprint density at radius 2 is 2.07 bits per heavy atom. The minimum Gasteiger partial charge on any atom is -0.309 e. The largest absolute Gasteiger partial charge is 0.334 e. The smallest absolute Gasteiger partial charge is 0.309 e. The quantitative estimate of drug-likeness (QED) is 0.701. The second-order valence-corrected chi connectivity index (χ2v) is 6.78. The highest BCUT2D eigenvalue weighted by Crippen LogP contribution is 2.58. The Morgan fingerprint density at radius 1 is 1.47 bits per heavy atom. The molecule has 6 heteroatoms. The van der Waals surface area contributed by atoms with E-state index in [9.17, 15) is 4.57 Å². The Balaban J connectivity index is 2.66. The van der Waals surface area contributed by atoms with Gasteiger partial charge in [0, 0.05) is 5.75 Å². The van der Waals surface area contributed by atoms with Gasteiger partial charge in [0.15, 0.2) is 0 Å². The van der Waals surface area contributed by atoms with E-state index in [1.807, 2.05) is 0 Å². The molecule has 0 aromatic heterocycles. The monoisotopic (exact) mass is 249 g/mol. The summed E-state index contributed by atoms with van der Waals surface area (Å²) in [6.07, 6.45) is 0.610. The van der Waals surface area contributed by atoms with Gasteiger partial charge >= 0.3 is 7.60 Å². The zero-order chi connectivity index (χ0) is 11.3. The van der Waals surface area contributed by atoms with Crippen molar-refractivity contribution in [1.82, 2.24) is 0 Å². The van der Waals surface area contributed by atoms with Crippen LogP contribution in [-0.4, -0.2) is 29.9 Å². The van der Waals surface area contributed by atoms with Crippen LogP contribution in [0.15, 0.2) is 0 Å². The molecular formula is C9H16NO3PS. The summed E-state index contributed by atoms with van der Waals surface area (Å²) in [6, 6.07) is 2.18. The first-order chi connectivity index (χ1) is 7.16. The predicted octanol–water partition coefficient (Wildman–Crippen LogP) is 2.65. The van der Waals surface area contributed by atoms with E-state index in [2.05, 4.69) is 6.07 Å². The molecule has 0 aliphatic carbocycles. The van der Waals surface area contributed by atoms with E-state index in [0.717, 1.165) is 0 Å². The molecule has 2 atom stereocenters. The lowest BCUT2D eigenvalue weighted by molar-refractivity contribution is 0.213. The molecule has 15 heavy (non-hydrogen) atoms. The van der Waals surface area contributed by atoms with Gasteiger partial charge in [0.25, 0.3) is 0 Å². The molecule has 1 saturated heterocycles. The topological polar surface area (TPSA) is 59.3 Å². The fourth-order valence-electron chi connectivity index (χ4n) is 1.53. The summed E-state index contributed by atoms with van der Waals surface area (Å²) in [7, 11) is -2.99. The standard InChI is InChI=1S/C9H16NO3PS/c1-3-12-14(11,13-4-2)8-5-9(6-10)15-7-8/h8-9H,3-5,7H2,1-2H3/t8-,9-/m0/s1. The summed E-state index contributed by atoms with van der Waals surface area (Å²) in [4.78, 5) is 0. The molecule has 0 aromatic carbocycles.